The van der Waals surface area contributed by atoms with Crippen LogP contribution in [-0.4, -0.2) is 28.0 Å². The molecule has 0 saturated carbocycles. The van der Waals surface area contributed by atoms with Crippen LogP contribution in [-0.2, 0) is 21.0 Å². The van der Waals surface area contributed by atoms with Gasteiger partial charge in [0.25, 0.3) is 10.0 Å². The van der Waals surface area contributed by atoms with Gasteiger partial charge in [-0.3, -0.25) is 9.10 Å². The van der Waals surface area contributed by atoms with Crippen LogP contribution in [0, 0.1) is 0 Å². The predicted octanol–water partition coefficient (Wildman–Crippen LogP) is 4.61. The fourth-order valence-corrected chi connectivity index (χ4v) is 5.26. The van der Waals surface area contributed by atoms with Crippen LogP contribution >= 0.6 is 11.3 Å². The zero-order valence-corrected chi connectivity index (χ0v) is 17.7. The van der Waals surface area contributed by atoms with Gasteiger partial charge in [0, 0.05) is 5.69 Å². The summed E-state index contributed by atoms with van der Waals surface area (Å²) in [6, 6.07) is 13.1. The number of halogens is 3. The number of hydrogen-bond acceptors (Lipinski definition) is 5. The van der Waals surface area contributed by atoms with Crippen molar-refractivity contribution in [3.63, 3.8) is 0 Å². The van der Waals surface area contributed by atoms with Crippen LogP contribution in [0.25, 0.3) is 0 Å². The second kappa shape index (κ2) is 8.98. The predicted molar refractivity (Wildman–Crippen MR) is 112 cm³/mol. The zero-order chi connectivity index (χ0) is 22.6. The molecule has 0 aliphatic heterocycles. The maximum Gasteiger partial charge on any atom is 0.416 e. The summed E-state index contributed by atoms with van der Waals surface area (Å²) in [4.78, 5) is 12.6. The van der Waals surface area contributed by atoms with Crippen molar-refractivity contribution in [2.45, 2.75) is 10.4 Å². The number of nitrogens with one attached hydrogen (secondary N) is 1. The lowest BCUT2D eigenvalue weighted by Gasteiger charge is -2.25. The Labute approximate surface area is 180 Å². The van der Waals surface area contributed by atoms with Crippen molar-refractivity contribution in [3.8, 4) is 5.75 Å². The van der Waals surface area contributed by atoms with Crippen molar-refractivity contribution in [3.05, 3.63) is 71.6 Å². The average Bonchev–Trinajstić information content (AvgIpc) is 3.27. The molecule has 0 radical (unpaired) electrons. The molecule has 31 heavy (non-hydrogen) atoms. The topological polar surface area (TPSA) is 75.7 Å². The highest BCUT2D eigenvalue weighted by atomic mass is 32.2. The number of thiophene rings is 1. The van der Waals surface area contributed by atoms with E-state index in [9.17, 15) is 26.4 Å². The third-order valence-corrected chi connectivity index (χ3v) is 7.31. The van der Waals surface area contributed by atoms with E-state index in [1.807, 2.05) is 0 Å². The monoisotopic (exact) mass is 470 g/mol. The van der Waals surface area contributed by atoms with Gasteiger partial charge in [0.1, 0.15) is 16.5 Å². The highest BCUT2D eigenvalue weighted by Crippen LogP contribution is 2.33. The fraction of sp³-hybridized carbons (Fsp3) is 0.150. The number of para-hydroxylation sites is 2. The number of anilines is 2. The molecule has 1 amide bonds. The molecule has 1 heterocycles. The van der Waals surface area contributed by atoms with Gasteiger partial charge in [-0.05, 0) is 47.8 Å². The summed E-state index contributed by atoms with van der Waals surface area (Å²) in [7, 11) is -2.72. The summed E-state index contributed by atoms with van der Waals surface area (Å²) in [5, 5.41) is 4.02. The number of amides is 1. The van der Waals surface area contributed by atoms with E-state index in [4.69, 9.17) is 4.74 Å². The molecule has 2 aromatic carbocycles. The van der Waals surface area contributed by atoms with Gasteiger partial charge in [0.05, 0.1) is 18.4 Å². The van der Waals surface area contributed by atoms with Crippen molar-refractivity contribution >= 4 is 38.6 Å². The summed E-state index contributed by atoms with van der Waals surface area (Å²) < 4.78 is 70.7. The molecule has 6 nitrogen and oxygen atoms in total. The average molecular weight is 470 g/mol. The summed E-state index contributed by atoms with van der Waals surface area (Å²) in [5.41, 5.74) is -0.603. The van der Waals surface area contributed by atoms with E-state index in [1.165, 1.54) is 19.2 Å². The number of alkyl halides is 3. The minimum absolute atomic E-state index is 0.0285. The zero-order valence-electron chi connectivity index (χ0n) is 16.1. The number of nitrogens with zero attached hydrogens (tertiary/aromatic N) is 1. The van der Waals surface area contributed by atoms with Gasteiger partial charge in [0.2, 0.25) is 5.91 Å². The number of rotatable bonds is 7. The minimum atomic E-state index is -4.50. The Morgan fingerprint density at radius 1 is 1.06 bits per heavy atom. The first-order valence-electron chi connectivity index (χ1n) is 8.79. The van der Waals surface area contributed by atoms with Crippen LogP contribution in [0.3, 0.4) is 0 Å². The molecule has 0 bridgehead atoms. The van der Waals surface area contributed by atoms with Gasteiger partial charge in [-0.2, -0.15) is 13.2 Å². The maximum atomic E-state index is 13.2. The lowest BCUT2D eigenvalue weighted by atomic mass is 10.2. The van der Waals surface area contributed by atoms with Gasteiger partial charge in [-0.15, -0.1) is 11.3 Å². The van der Waals surface area contributed by atoms with Crippen molar-refractivity contribution in [1.82, 2.24) is 0 Å². The Hall–Kier alpha value is -3.05. The number of hydrogen-bond donors (Lipinski definition) is 1. The molecule has 0 saturated heterocycles. The molecule has 0 atom stereocenters. The Kier molecular flexibility index (Phi) is 6.56. The van der Waals surface area contributed by atoms with Gasteiger partial charge >= 0.3 is 6.18 Å². The molecule has 0 aliphatic rings. The third-order valence-electron chi connectivity index (χ3n) is 4.18. The van der Waals surface area contributed by atoms with E-state index in [2.05, 4.69) is 5.32 Å². The molecule has 3 rings (SSSR count). The summed E-state index contributed by atoms with van der Waals surface area (Å²) >= 11 is 0.993. The number of benzene rings is 2. The number of methoxy groups -OCH3 is 1. The lowest BCUT2D eigenvalue weighted by molar-refractivity contribution is -0.137. The van der Waals surface area contributed by atoms with Crippen LogP contribution in [0.15, 0.2) is 70.3 Å². The number of ether oxygens (including phenoxy) is 1. The number of carbonyl (C=O) groups is 1. The molecule has 3 aromatic rings. The van der Waals surface area contributed by atoms with E-state index in [1.54, 1.807) is 29.6 Å². The first-order chi connectivity index (χ1) is 14.6. The standard InChI is InChI=1S/C20H17F3N2O4S2/c1-29-17-6-3-2-5-16(17)25(31(27,28)19-7-4-12-30-19)13-18(26)24-15-10-8-14(9-11-15)20(21,22)23/h2-12H,13H2,1H3,(H,24,26). The molecule has 1 N–H and O–H groups in total. The van der Waals surface area contributed by atoms with E-state index in [-0.39, 0.29) is 21.3 Å². The molecule has 0 aliphatic carbocycles. The smallest absolute Gasteiger partial charge is 0.416 e. The van der Waals surface area contributed by atoms with Crippen LogP contribution in [0.1, 0.15) is 5.56 Å². The van der Waals surface area contributed by atoms with Crippen molar-refractivity contribution < 1.29 is 31.1 Å². The van der Waals surface area contributed by atoms with Crippen molar-refractivity contribution in [1.29, 1.82) is 0 Å². The third kappa shape index (κ3) is 5.17. The van der Waals surface area contributed by atoms with Gasteiger partial charge < -0.3 is 10.1 Å². The quantitative estimate of drug-likeness (QED) is 0.547. The van der Waals surface area contributed by atoms with E-state index < -0.39 is 34.2 Å². The molecule has 11 heteroatoms. The van der Waals surface area contributed by atoms with Crippen molar-refractivity contribution in [2.75, 3.05) is 23.3 Å². The second-order valence-electron chi connectivity index (χ2n) is 6.24. The Balaban J connectivity index is 1.89. The summed E-state index contributed by atoms with van der Waals surface area (Å²) in [6.45, 7) is -0.609. The molecular formula is C20H17F3N2O4S2. The van der Waals surface area contributed by atoms with Gasteiger partial charge in [-0.25, -0.2) is 8.42 Å². The normalized spacial score (nSPS) is 11.7. The van der Waals surface area contributed by atoms with Crippen molar-refractivity contribution in [2.24, 2.45) is 0 Å². The van der Waals surface area contributed by atoms with E-state index in [0.29, 0.717) is 0 Å². The fourth-order valence-electron chi connectivity index (χ4n) is 2.73. The van der Waals surface area contributed by atoms with Gasteiger partial charge in [0.15, 0.2) is 0 Å². The van der Waals surface area contributed by atoms with E-state index in [0.717, 1.165) is 39.9 Å². The molecule has 0 spiro atoms. The Morgan fingerprint density at radius 3 is 2.32 bits per heavy atom. The maximum absolute atomic E-state index is 13.2. The minimum Gasteiger partial charge on any atom is -0.495 e. The molecule has 1 aromatic heterocycles. The Bertz CT molecular complexity index is 1150. The molecular weight excluding hydrogens is 453 g/mol. The first-order valence-corrected chi connectivity index (χ1v) is 11.1. The SMILES string of the molecule is COc1ccccc1N(CC(=O)Nc1ccc(C(F)(F)F)cc1)S(=O)(=O)c1cccs1. The largest absolute Gasteiger partial charge is 0.495 e. The number of carbonyl (C=O) groups excluding carboxylic acids is 1. The number of sulfonamides is 1. The van der Waals surface area contributed by atoms with Gasteiger partial charge in [-0.1, -0.05) is 18.2 Å². The molecule has 0 fully saturated rings. The molecule has 0 unspecified atom stereocenters. The summed E-state index contributed by atoms with van der Waals surface area (Å²) in [6.07, 6.45) is -4.50. The first kappa shape index (κ1) is 22.6. The van der Waals surface area contributed by atoms with Crippen LogP contribution in [0.5, 0.6) is 5.75 Å². The van der Waals surface area contributed by atoms with Crippen LogP contribution < -0.4 is 14.4 Å². The van der Waals surface area contributed by atoms with E-state index >= 15 is 0 Å². The Morgan fingerprint density at radius 2 is 1.74 bits per heavy atom. The van der Waals surface area contributed by atoms with Crippen LogP contribution in [0.4, 0.5) is 24.5 Å². The summed E-state index contributed by atoms with van der Waals surface area (Å²) in [5.74, 6) is -0.490. The lowest BCUT2D eigenvalue weighted by Crippen LogP contribution is -2.38. The second-order valence-corrected chi connectivity index (χ2v) is 9.28. The highest BCUT2D eigenvalue weighted by Gasteiger charge is 2.31. The molecule has 164 valence electrons. The highest BCUT2D eigenvalue weighted by molar-refractivity contribution is 7.94. The van der Waals surface area contributed by atoms with Crippen LogP contribution in [0.2, 0.25) is 0 Å².